The van der Waals surface area contributed by atoms with E-state index in [2.05, 4.69) is 0 Å². The summed E-state index contributed by atoms with van der Waals surface area (Å²) in [7, 11) is 0. The Hall–Kier alpha value is -1.64. The van der Waals surface area contributed by atoms with Gasteiger partial charge in [-0.25, -0.2) is 0 Å². The summed E-state index contributed by atoms with van der Waals surface area (Å²) in [6.07, 6.45) is 0.0667. The summed E-state index contributed by atoms with van der Waals surface area (Å²) >= 11 is 0. The van der Waals surface area contributed by atoms with E-state index in [9.17, 15) is 14.7 Å². The number of Topliss-reactive ketones (excluding diaryl/α,β-unsaturated/α-hetero) is 1. The maximum atomic E-state index is 11.3. The lowest BCUT2D eigenvalue weighted by Crippen LogP contribution is -2.36. The topological polar surface area (TPSA) is 54.4 Å². The Morgan fingerprint density at radius 1 is 1.24 bits per heavy atom. The molecule has 0 radical (unpaired) electrons. The molecule has 0 fully saturated rings. The van der Waals surface area contributed by atoms with E-state index in [0.717, 1.165) is 5.56 Å². The van der Waals surface area contributed by atoms with E-state index in [0.29, 0.717) is 0 Å². The number of hydrogen-bond acceptors (Lipinski definition) is 2. The molecule has 3 nitrogen and oxygen atoms in total. The number of carboxylic acid groups (broad SMARTS) is 1. The molecule has 17 heavy (non-hydrogen) atoms. The van der Waals surface area contributed by atoms with Gasteiger partial charge in [-0.2, -0.15) is 0 Å². The van der Waals surface area contributed by atoms with Crippen LogP contribution in [0.15, 0.2) is 30.3 Å². The minimum atomic E-state index is -0.922. The van der Waals surface area contributed by atoms with Crippen LogP contribution in [0.4, 0.5) is 0 Å². The monoisotopic (exact) mass is 234 g/mol. The molecule has 1 aromatic rings. The maximum Gasteiger partial charge on any atom is 0.307 e. The molecule has 1 atom stereocenters. The quantitative estimate of drug-likeness (QED) is 0.852. The highest BCUT2D eigenvalue weighted by molar-refractivity contribution is 5.83. The van der Waals surface area contributed by atoms with Crippen LogP contribution in [0.3, 0.4) is 0 Å². The van der Waals surface area contributed by atoms with Crippen molar-refractivity contribution >= 4 is 11.8 Å². The van der Waals surface area contributed by atoms with Crippen molar-refractivity contribution in [1.82, 2.24) is 0 Å². The number of rotatable bonds is 5. The molecule has 0 heterocycles. The van der Waals surface area contributed by atoms with Gasteiger partial charge in [0.1, 0.15) is 5.78 Å². The molecule has 0 spiro atoms. The van der Waals surface area contributed by atoms with Crippen molar-refractivity contribution in [3.63, 3.8) is 0 Å². The Labute approximate surface area is 101 Å². The summed E-state index contributed by atoms with van der Waals surface area (Å²) in [5.41, 5.74) is 0.382. The Morgan fingerprint density at radius 2 is 1.76 bits per heavy atom. The van der Waals surface area contributed by atoms with Gasteiger partial charge in [-0.3, -0.25) is 4.79 Å². The normalized spacial score (nSPS) is 13.1. The molecule has 1 N–H and O–H groups in total. The summed E-state index contributed by atoms with van der Waals surface area (Å²) in [5, 5.41) is 9.27. The molecule has 0 aromatic heterocycles. The average Bonchev–Trinajstić information content (AvgIpc) is 2.26. The van der Waals surface area contributed by atoms with Crippen LogP contribution in [0.1, 0.15) is 32.8 Å². The molecule has 0 bridgehead atoms. The number of hydrogen-bond donors (Lipinski definition) is 1. The third kappa shape index (κ3) is 3.16. The highest BCUT2D eigenvalue weighted by atomic mass is 16.4. The number of ketones is 1. The van der Waals surface area contributed by atoms with Gasteiger partial charge in [0.2, 0.25) is 0 Å². The van der Waals surface area contributed by atoms with Crippen LogP contribution in [0.25, 0.3) is 0 Å². The predicted molar refractivity (Wildman–Crippen MR) is 65.9 cm³/mol. The molecule has 92 valence electrons. The van der Waals surface area contributed by atoms with Crippen LogP contribution in [0.5, 0.6) is 0 Å². The largest absolute Gasteiger partial charge is 0.481 e. The van der Waals surface area contributed by atoms with Gasteiger partial charge >= 0.3 is 5.97 Å². The Balaban J connectivity index is 3.08. The van der Waals surface area contributed by atoms with Gasteiger partial charge in [-0.15, -0.1) is 0 Å². The number of carbonyl (C=O) groups is 2. The Morgan fingerprint density at radius 3 is 2.18 bits per heavy atom. The van der Waals surface area contributed by atoms with Crippen LogP contribution in [0.2, 0.25) is 0 Å². The fourth-order valence-corrected chi connectivity index (χ4v) is 2.01. The van der Waals surface area contributed by atoms with Crippen LogP contribution in [-0.2, 0) is 15.0 Å². The number of benzene rings is 1. The van der Waals surface area contributed by atoms with Gasteiger partial charge in [0.25, 0.3) is 0 Å². The van der Waals surface area contributed by atoms with Crippen LogP contribution >= 0.6 is 0 Å². The molecule has 1 aromatic carbocycles. The Bertz CT molecular complexity index is 407. The second kappa shape index (κ2) is 5.13. The molecular formula is C14H18O3. The SMILES string of the molecule is CC(=O)CC(C(=O)O)C(C)(C)c1ccccc1. The second-order valence-electron chi connectivity index (χ2n) is 4.88. The Kier molecular flexibility index (Phi) is 4.05. The minimum Gasteiger partial charge on any atom is -0.481 e. The lowest BCUT2D eigenvalue weighted by Gasteiger charge is -2.31. The first-order valence-corrected chi connectivity index (χ1v) is 5.63. The molecule has 0 aliphatic heterocycles. The summed E-state index contributed by atoms with van der Waals surface area (Å²) in [5.74, 6) is -1.71. The van der Waals surface area contributed by atoms with Crippen LogP contribution < -0.4 is 0 Å². The first kappa shape index (κ1) is 13.4. The van der Waals surface area contributed by atoms with Crippen molar-refractivity contribution in [2.24, 2.45) is 5.92 Å². The third-order valence-corrected chi connectivity index (χ3v) is 3.18. The number of carboxylic acids is 1. The first-order valence-electron chi connectivity index (χ1n) is 5.63. The fraction of sp³-hybridized carbons (Fsp3) is 0.429. The highest BCUT2D eigenvalue weighted by Crippen LogP contribution is 2.34. The molecule has 3 heteroatoms. The molecule has 0 aliphatic carbocycles. The first-order chi connectivity index (χ1) is 7.85. The van der Waals surface area contributed by atoms with E-state index in [1.807, 2.05) is 44.2 Å². The molecular weight excluding hydrogens is 216 g/mol. The number of carbonyl (C=O) groups excluding carboxylic acids is 1. The van der Waals surface area contributed by atoms with Crippen molar-refractivity contribution in [3.8, 4) is 0 Å². The predicted octanol–water partition coefficient (Wildman–Crippen LogP) is 2.64. The van der Waals surface area contributed by atoms with Gasteiger partial charge in [-0.05, 0) is 12.5 Å². The lowest BCUT2D eigenvalue weighted by molar-refractivity contribution is -0.146. The second-order valence-corrected chi connectivity index (χ2v) is 4.88. The van der Waals surface area contributed by atoms with Gasteiger partial charge in [0, 0.05) is 11.8 Å². The van der Waals surface area contributed by atoms with Gasteiger partial charge in [0.15, 0.2) is 0 Å². The van der Waals surface area contributed by atoms with E-state index in [1.165, 1.54) is 6.92 Å². The lowest BCUT2D eigenvalue weighted by atomic mass is 9.71. The molecule has 1 rings (SSSR count). The molecule has 0 saturated carbocycles. The molecule has 0 saturated heterocycles. The molecule has 1 unspecified atom stereocenters. The highest BCUT2D eigenvalue weighted by Gasteiger charge is 2.37. The van der Waals surface area contributed by atoms with E-state index >= 15 is 0 Å². The summed E-state index contributed by atoms with van der Waals surface area (Å²) < 4.78 is 0. The zero-order chi connectivity index (χ0) is 13.1. The van der Waals surface area contributed by atoms with E-state index in [-0.39, 0.29) is 12.2 Å². The molecule has 0 aliphatic rings. The number of aliphatic carboxylic acids is 1. The van der Waals surface area contributed by atoms with Crippen LogP contribution in [-0.4, -0.2) is 16.9 Å². The van der Waals surface area contributed by atoms with Crippen LogP contribution in [0, 0.1) is 5.92 Å². The zero-order valence-electron chi connectivity index (χ0n) is 10.4. The molecule has 0 amide bonds. The minimum absolute atomic E-state index is 0.0667. The summed E-state index contributed by atoms with van der Waals surface area (Å²) in [4.78, 5) is 22.5. The van der Waals surface area contributed by atoms with Gasteiger partial charge < -0.3 is 9.90 Å². The van der Waals surface area contributed by atoms with E-state index < -0.39 is 17.3 Å². The summed E-state index contributed by atoms with van der Waals surface area (Å²) in [6.45, 7) is 5.16. The van der Waals surface area contributed by atoms with Crippen molar-refractivity contribution in [3.05, 3.63) is 35.9 Å². The van der Waals surface area contributed by atoms with Gasteiger partial charge in [-0.1, -0.05) is 44.2 Å². The maximum absolute atomic E-state index is 11.3. The van der Waals surface area contributed by atoms with Crippen molar-refractivity contribution in [2.75, 3.05) is 0 Å². The van der Waals surface area contributed by atoms with Crippen molar-refractivity contribution in [2.45, 2.75) is 32.6 Å². The zero-order valence-corrected chi connectivity index (χ0v) is 10.4. The third-order valence-electron chi connectivity index (χ3n) is 3.18. The van der Waals surface area contributed by atoms with Crippen molar-refractivity contribution in [1.29, 1.82) is 0 Å². The summed E-state index contributed by atoms with van der Waals surface area (Å²) in [6, 6.07) is 9.44. The van der Waals surface area contributed by atoms with E-state index in [4.69, 9.17) is 0 Å². The smallest absolute Gasteiger partial charge is 0.307 e. The standard InChI is InChI=1S/C14H18O3/c1-10(15)9-12(13(16)17)14(2,3)11-7-5-4-6-8-11/h4-8,12H,9H2,1-3H3,(H,16,17). The average molecular weight is 234 g/mol. The van der Waals surface area contributed by atoms with Crippen molar-refractivity contribution < 1.29 is 14.7 Å². The van der Waals surface area contributed by atoms with E-state index in [1.54, 1.807) is 0 Å². The van der Waals surface area contributed by atoms with Gasteiger partial charge in [0.05, 0.1) is 5.92 Å². The fourth-order valence-electron chi connectivity index (χ4n) is 2.01.